The number of unbranched alkanes of at least 4 members (excludes halogenated alkanes) is 43. The average molecular weight is 1360 g/mol. The van der Waals surface area contributed by atoms with Crippen LogP contribution in [0.3, 0.4) is 0 Å². The lowest BCUT2D eigenvalue weighted by atomic mass is 10.0. The van der Waals surface area contributed by atoms with Crippen LogP contribution in [0.25, 0.3) is 0 Å². The van der Waals surface area contributed by atoms with Crippen molar-refractivity contribution >= 4 is 19.8 Å². The predicted octanol–water partition coefficient (Wildman–Crippen LogP) is 26.5. The number of ether oxygens (including phenoxy) is 2. The van der Waals surface area contributed by atoms with E-state index in [-0.39, 0.29) is 32.0 Å². The Labute approximate surface area is 595 Å². The maximum Gasteiger partial charge on any atom is 0.306 e. The van der Waals surface area contributed by atoms with E-state index in [4.69, 9.17) is 18.5 Å². The monoisotopic (exact) mass is 1360 g/mol. The first-order chi connectivity index (χ1) is 47.0. The van der Waals surface area contributed by atoms with Crippen LogP contribution in [0.2, 0.25) is 0 Å². The summed E-state index contributed by atoms with van der Waals surface area (Å²) in [5.74, 6) is -0.815. The Kier molecular flexibility index (Phi) is 73.2. The molecule has 0 fully saturated rings. The number of hydrogen-bond acceptors (Lipinski definition) is 8. The molecule has 0 radical (unpaired) electrons. The summed E-state index contributed by atoms with van der Waals surface area (Å²) < 4.78 is 34.4. The van der Waals surface area contributed by atoms with E-state index in [1.807, 2.05) is 21.1 Å². The normalized spacial score (nSPS) is 13.6. The Morgan fingerprint density at radius 2 is 0.562 bits per heavy atom. The first kappa shape index (κ1) is 92.7. The minimum Gasteiger partial charge on any atom is -0.756 e. The van der Waals surface area contributed by atoms with Gasteiger partial charge in [-0.3, -0.25) is 14.2 Å². The van der Waals surface area contributed by atoms with Crippen molar-refractivity contribution in [1.82, 2.24) is 0 Å². The highest BCUT2D eigenvalue weighted by atomic mass is 31.2. The lowest BCUT2D eigenvalue weighted by molar-refractivity contribution is -0.870. The smallest absolute Gasteiger partial charge is 0.306 e. The largest absolute Gasteiger partial charge is 0.756 e. The maximum absolute atomic E-state index is 12.9. The molecule has 0 spiro atoms. The van der Waals surface area contributed by atoms with Gasteiger partial charge in [0.15, 0.2) is 6.10 Å². The van der Waals surface area contributed by atoms with Crippen molar-refractivity contribution in [2.45, 2.75) is 380 Å². The topological polar surface area (TPSA) is 111 Å². The van der Waals surface area contributed by atoms with Crippen LogP contribution in [0.1, 0.15) is 373 Å². The molecular weight excluding hydrogens is 1210 g/mol. The van der Waals surface area contributed by atoms with E-state index >= 15 is 0 Å². The van der Waals surface area contributed by atoms with Crippen molar-refractivity contribution in [3.63, 3.8) is 0 Å². The number of carbonyl (C=O) groups is 2. The quantitative estimate of drug-likeness (QED) is 0.0195. The fourth-order valence-electron chi connectivity index (χ4n) is 11.7. The molecule has 2 atom stereocenters. The summed E-state index contributed by atoms with van der Waals surface area (Å²) in [6.07, 6.45) is 108. The molecule has 10 heteroatoms. The molecule has 0 saturated carbocycles. The zero-order valence-corrected chi connectivity index (χ0v) is 64.5. The minimum absolute atomic E-state index is 0.0307. The average Bonchev–Trinajstić information content (AvgIpc) is 1.98. The molecule has 556 valence electrons. The zero-order valence-electron chi connectivity index (χ0n) is 63.6. The van der Waals surface area contributed by atoms with Gasteiger partial charge >= 0.3 is 11.9 Å². The van der Waals surface area contributed by atoms with E-state index in [1.165, 1.54) is 250 Å². The van der Waals surface area contributed by atoms with E-state index in [0.717, 1.165) is 89.9 Å². The van der Waals surface area contributed by atoms with Gasteiger partial charge in [-0.1, -0.05) is 374 Å². The number of carbonyl (C=O) groups excluding carboxylic acids is 2. The molecule has 9 nitrogen and oxygen atoms in total. The number of quaternary nitrogens is 1. The number of nitrogens with zero attached hydrogens (tertiary/aromatic N) is 1. The molecule has 0 aliphatic carbocycles. The Morgan fingerprint density at radius 3 is 0.833 bits per heavy atom. The third-order valence-electron chi connectivity index (χ3n) is 17.8. The Morgan fingerprint density at radius 1 is 0.323 bits per heavy atom. The molecular formula is C86H154NO8P. The van der Waals surface area contributed by atoms with Crippen LogP contribution >= 0.6 is 7.82 Å². The van der Waals surface area contributed by atoms with Crippen LogP contribution in [-0.4, -0.2) is 70.0 Å². The highest BCUT2D eigenvalue weighted by Crippen LogP contribution is 2.38. The molecule has 0 aliphatic rings. The summed E-state index contributed by atoms with van der Waals surface area (Å²) in [4.78, 5) is 38.2. The Hall–Kier alpha value is -3.33. The SMILES string of the molecule is CC/C=C\C/C=C\C/C=C\C/C=C\C/C=C\CCCCCCCCCCCCCCCCCCCCCCCCCC(=O)OC(COC(=O)CCCCCCCCCCCCCCCCCCCCCC/C=C\C/C=C\C/C=C\C/C=C\CC)COP(=O)([O-])OCC[N+](C)(C)C. The first-order valence-corrected chi connectivity index (χ1v) is 42.1. The fraction of sp³-hybridized carbons (Fsp3) is 0.767. The molecule has 0 aromatic heterocycles. The van der Waals surface area contributed by atoms with E-state index in [1.54, 1.807) is 0 Å². The van der Waals surface area contributed by atoms with Crippen LogP contribution in [0.4, 0.5) is 0 Å². The second-order valence-corrected chi connectivity index (χ2v) is 29.8. The van der Waals surface area contributed by atoms with Crippen LogP contribution in [0, 0.1) is 0 Å². The standard InChI is InChI=1S/C86H154NO8P/c1-6-8-10-12-14-16-18-20-22-24-26-28-30-32-34-36-38-40-41-42-43-44-45-47-49-51-53-55-57-59-61-63-65-67-69-71-73-75-77-79-86(89)95-84(83-94-96(90,91)93-81-80-87(3,4)5)82-92-85(88)78-76-74-72-70-68-66-64-62-60-58-56-54-52-50-48-46-39-37-35-33-31-29-27-25-23-21-19-17-15-13-11-9-7-2/h8-11,14-17,20-23,26-29,32,34,84H,6-7,12-13,18-19,24-25,30-31,33,35-83H2,1-5H3/b10-8-,11-9-,16-14-,17-15-,22-20-,23-21-,28-26-,29-27-,34-32-. The van der Waals surface area contributed by atoms with Crippen molar-refractivity contribution in [1.29, 1.82) is 0 Å². The summed E-state index contributed by atoms with van der Waals surface area (Å²) in [7, 11) is 1.18. The maximum atomic E-state index is 12.9. The van der Waals surface area contributed by atoms with Crippen molar-refractivity contribution in [3.8, 4) is 0 Å². The molecule has 0 N–H and O–H groups in total. The molecule has 0 amide bonds. The van der Waals surface area contributed by atoms with Crippen molar-refractivity contribution < 1.29 is 42.1 Å². The van der Waals surface area contributed by atoms with Gasteiger partial charge in [0.05, 0.1) is 27.7 Å². The van der Waals surface area contributed by atoms with Gasteiger partial charge in [0.2, 0.25) is 0 Å². The third kappa shape index (κ3) is 79.7. The number of rotatable bonds is 75. The molecule has 0 heterocycles. The number of phosphoric ester groups is 1. The minimum atomic E-state index is -4.65. The zero-order chi connectivity index (χ0) is 69.7. The van der Waals surface area contributed by atoms with E-state index < -0.39 is 26.5 Å². The molecule has 0 bridgehead atoms. The van der Waals surface area contributed by atoms with Crippen molar-refractivity contribution in [2.24, 2.45) is 0 Å². The highest BCUT2D eigenvalue weighted by molar-refractivity contribution is 7.45. The number of phosphoric acid groups is 1. The summed E-state index contributed by atoms with van der Waals surface area (Å²) in [5, 5.41) is 0. The lowest BCUT2D eigenvalue weighted by Crippen LogP contribution is -2.37. The van der Waals surface area contributed by atoms with Gasteiger partial charge in [0.25, 0.3) is 7.82 Å². The molecule has 0 aromatic carbocycles. The summed E-state index contributed by atoms with van der Waals surface area (Å²) in [5.41, 5.74) is 0. The predicted molar refractivity (Wildman–Crippen MR) is 415 cm³/mol. The third-order valence-corrected chi connectivity index (χ3v) is 18.8. The van der Waals surface area contributed by atoms with Gasteiger partial charge in [0.1, 0.15) is 19.8 Å². The molecule has 2 unspecified atom stereocenters. The van der Waals surface area contributed by atoms with E-state index in [2.05, 4.69) is 123 Å². The Balaban J connectivity index is 3.92. The summed E-state index contributed by atoms with van der Waals surface area (Å²) in [6, 6.07) is 0. The molecule has 0 aromatic rings. The highest BCUT2D eigenvalue weighted by Gasteiger charge is 2.22. The molecule has 0 saturated heterocycles. The van der Waals surface area contributed by atoms with E-state index in [0.29, 0.717) is 17.4 Å². The Bertz CT molecular complexity index is 1990. The van der Waals surface area contributed by atoms with Gasteiger partial charge in [-0.15, -0.1) is 0 Å². The van der Waals surface area contributed by atoms with Gasteiger partial charge < -0.3 is 27.9 Å². The van der Waals surface area contributed by atoms with Crippen molar-refractivity contribution in [2.75, 3.05) is 47.5 Å². The van der Waals surface area contributed by atoms with Crippen LogP contribution < -0.4 is 4.89 Å². The van der Waals surface area contributed by atoms with Gasteiger partial charge in [-0.25, -0.2) is 0 Å². The molecule has 0 rings (SSSR count). The van der Waals surface area contributed by atoms with Crippen LogP contribution in [0.15, 0.2) is 109 Å². The lowest BCUT2D eigenvalue weighted by Gasteiger charge is -2.28. The fourth-order valence-corrected chi connectivity index (χ4v) is 12.4. The summed E-state index contributed by atoms with van der Waals surface area (Å²) in [6.45, 7) is 4.07. The number of allylic oxidation sites excluding steroid dienone is 18. The number of hydrogen-bond donors (Lipinski definition) is 0. The van der Waals surface area contributed by atoms with Gasteiger partial charge in [-0.05, 0) is 96.3 Å². The second-order valence-electron chi connectivity index (χ2n) is 28.4. The number of esters is 2. The summed E-state index contributed by atoms with van der Waals surface area (Å²) >= 11 is 0. The second kappa shape index (κ2) is 75.9. The first-order valence-electron chi connectivity index (χ1n) is 40.6. The molecule has 0 aliphatic heterocycles. The van der Waals surface area contributed by atoms with Crippen LogP contribution in [0.5, 0.6) is 0 Å². The van der Waals surface area contributed by atoms with Crippen molar-refractivity contribution in [3.05, 3.63) is 109 Å². The molecule has 96 heavy (non-hydrogen) atoms. The van der Waals surface area contributed by atoms with E-state index in [9.17, 15) is 19.0 Å². The van der Waals surface area contributed by atoms with Gasteiger partial charge in [-0.2, -0.15) is 0 Å². The van der Waals surface area contributed by atoms with Crippen LogP contribution in [-0.2, 0) is 32.7 Å². The number of likely N-dealkylation sites (N-methyl/N-ethyl adjacent to an activating group) is 1. The van der Waals surface area contributed by atoms with Gasteiger partial charge in [0, 0.05) is 12.8 Å².